The number of aromatic nitrogens is 2. The summed E-state index contributed by atoms with van der Waals surface area (Å²) < 4.78 is 24.1. The molecule has 0 unspecified atom stereocenters. The molecule has 1 heterocycles. The van der Waals surface area contributed by atoms with E-state index in [2.05, 4.69) is 30.6 Å². The van der Waals surface area contributed by atoms with Gasteiger partial charge in [0.2, 0.25) is 10.0 Å². The first-order valence-electron chi connectivity index (χ1n) is 3.18. The van der Waals surface area contributed by atoms with Crippen molar-refractivity contribution in [3.63, 3.8) is 0 Å². The standard InChI is InChI=1S/C5H4BrCl2N3O2S/c6-1-14(12,13)11-5-3(7)4(8)9-2-10-5/h2H,1H2,(H,9,10,11). The monoisotopic (exact) mass is 319 g/mol. The van der Waals surface area contributed by atoms with Crippen molar-refractivity contribution in [3.05, 3.63) is 16.5 Å². The zero-order valence-corrected chi connectivity index (χ0v) is 10.5. The molecule has 0 aliphatic rings. The highest BCUT2D eigenvalue weighted by atomic mass is 79.9. The predicted octanol–water partition coefficient (Wildman–Crippen LogP) is 1.88. The smallest absolute Gasteiger partial charge is 0.243 e. The van der Waals surface area contributed by atoms with Gasteiger partial charge in [0.1, 0.15) is 16.0 Å². The number of rotatable bonds is 3. The number of anilines is 1. The Labute approximate surface area is 99.0 Å². The highest BCUT2D eigenvalue weighted by molar-refractivity contribution is 9.10. The Morgan fingerprint density at radius 1 is 1.43 bits per heavy atom. The number of alkyl halides is 1. The molecule has 5 nitrogen and oxygen atoms in total. The van der Waals surface area contributed by atoms with Crippen LogP contribution in [0.2, 0.25) is 10.2 Å². The van der Waals surface area contributed by atoms with E-state index >= 15 is 0 Å². The predicted molar refractivity (Wildman–Crippen MR) is 58.4 cm³/mol. The third-order valence-electron chi connectivity index (χ3n) is 1.14. The Morgan fingerprint density at radius 3 is 2.64 bits per heavy atom. The van der Waals surface area contributed by atoms with Crippen molar-refractivity contribution in [1.82, 2.24) is 9.97 Å². The van der Waals surface area contributed by atoms with Gasteiger partial charge in [-0.25, -0.2) is 18.4 Å². The van der Waals surface area contributed by atoms with Crippen LogP contribution in [0.4, 0.5) is 5.82 Å². The molecule has 0 saturated carbocycles. The van der Waals surface area contributed by atoms with Gasteiger partial charge in [-0.15, -0.1) is 0 Å². The van der Waals surface area contributed by atoms with Gasteiger partial charge in [-0.2, -0.15) is 0 Å². The molecule has 1 rings (SSSR count). The summed E-state index contributed by atoms with van der Waals surface area (Å²) >= 11 is 14.0. The minimum Gasteiger partial charge on any atom is -0.265 e. The molecule has 0 saturated heterocycles. The lowest BCUT2D eigenvalue weighted by atomic mass is 10.6. The first-order valence-corrected chi connectivity index (χ1v) is 6.71. The van der Waals surface area contributed by atoms with Crippen LogP contribution >= 0.6 is 39.1 Å². The van der Waals surface area contributed by atoms with Crippen LogP contribution in [-0.4, -0.2) is 23.0 Å². The molecule has 0 radical (unpaired) electrons. The van der Waals surface area contributed by atoms with E-state index < -0.39 is 10.0 Å². The van der Waals surface area contributed by atoms with Crippen molar-refractivity contribution < 1.29 is 8.42 Å². The van der Waals surface area contributed by atoms with E-state index in [4.69, 9.17) is 23.2 Å². The molecule has 0 fully saturated rings. The normalized spacial score (nSPS) is 11.4. The van der Waals surface area contributed by atoms with E-state index in [1.54, 1.807) is 0 Å². The second kappa shape index (κ2) is 4.61. The SMILES string of the molecule is O=S(=O)(CBr)Nc1ncnc(Cl)c1Cl. The van der Waals surface area contributed by atoms with Crippen molar-refractivity contribution in [2.45, 2.75) is 0 Å². The van der Waals surface area contributed by atoms with Crippen LogP contribution in [0, 0.1) is 0 Å². The second-order valence-corrected chi connectivity index (χ2v) is 5.91. The van der Waals surface area contributed by atoms with Crippen LogP contribution in [-0.2, 0) is 10.0 Å². The van der Waals surface area contributed by atoms with Crippen LogP contribution < -0.4 is 4.72 Å². The van der Waals surface area contributed by atoms with Crippen molar-refractivity contribution >= 4 is 55.0 Å². The quantitative estimate of drug-likeness (QED) is 0.681. The van der Waals surface area contributed by atoms with Gasteiger partial charge in [-0.05, 0) is 0 Å². The number of nitrogens with zero attached hydrogens (tertiary/aromatic N) is 2. The number of hydrogen-bond donors (Lipinski definition) is 1. The summed E-state index contributed by atoms with van der Waals surface area (Å²) in [6, 6.07) is 0. The molecule has 1 aromatic heterocycles. The molecule has 1 N–H and O–H groups in total. The Bertz CT molecular complexity index is 439. The first kappa shape index (κ1) is 12.0. The zero-order valence-electron chi connectivity index (χ0n) is 6.54. The Morgan fingerprint density at radius 2 is 2.07 bits per heavy atom. The van der Waals surface area contributed by atoms with Gasteiger partial charge < -0.3 is 0 Å². The lowest BCUT2D eigenvalue weighted by Crippen LogP contribution is -2.14. The molecule has 1 aromatic rings. The molecule has 0 aliphatic heterocycles. The largest absolute Gasteiger partial charge is 0.265 e. The molecule has 0 bridgehead atoms. The van der Waals surface area contributed by atoms with Gasteiger partial charge in [-0.1, -0.05) is 39.1 Å². The van der Waals surface area contributed by atoms with Crippen LogP contribution in [0.1, 0.15) is 0 Å². The average Bonchev–Trinajstić information content (AvgIpc) is 2.13. The number of halogens is 3. The molecule has 78 valence electrons. The molecule has 0 atom stereocenters. The molecule has 0 aromatic carbocycles. The fourth-order valence-electron chi connectivity index (χ4n) is 0.594. The molecule has 0 spiro atoms. The topological polar surface area (TPSA) is 72.0 Å². The van der Waals surface area contributed by atoms with Crippen LogP contribution in [0.5, 0.6) is 0 Å². The van der Waals surface area contributed by atoms with Gasteiger partial charge in [0.05, 0.1) is 0 Å². The third-order valence-corrected chi connectivity index (χ3v) is 4.48. The van der Waals surface area contributed by atoms with Gasteiger partial charge in [0, 0.05) is 0 Å². The maximum Gasteiger partial charge on any atom is 0.243 e. The van der Waals surface area contributed by atoms with Crippen molar-refractivity contribution in [2.24, 2.45) is 0 Å². The van der Waals surface area contributed by atoms with Gasteiger partial charge >= 0.3 is 0 Å². The Kier molecular flexibility index (Phi) is 3.94. The summed E-state index contributed by atoms with van der Waals surface area (Å²) in [4.78, 5) is 7.20. The minimum absolute atomic E-state index is 0.00561. The van der Waals surface area contributed by atoms with E-state index in [1.807, 2.05) is 0 Å². The summed E-state index contributed by atoms with van der Waals surface area (Å²) in [6.45, 7) is 0. The van der Waals surface area contributed by atoms with E-state index in [-0.39, 0.29) is 20.7 Å². The first-order chi connectivity index (χ1) is 6.46. The molecular weight excluding hydrogens is 317 g/mol. The van der Waals surface area contributed by atoms with Crippen molar-refractivity contribution in [2.75, 3.05) is 9.38 Å². The van der Waals surface area contributed by atoms with E-state index in [0.29, 0.717) is 0 Å². The van der Waals surface area contributed by atoms with Crippen LogP contribution in [0.25, 0.3) is 0 Å². The van der Waals surface area contributed by atoms with Gasteiger partial charge in [0.15, 0.2) is 11.0 Å². The fourth-order valence-corrected chi connectivity index (χ4v) is 1.78. The van der Waals surface area contributed by atoms with E-state index in [1.165, 1.54) is 0 Å². The summed E-state index contributed by atoms with van der Waals surface area (Å²) in [6.07, 6.45) is 1.11. The van der Waals surface area contributed by atoms with Crippen LogP contribution in [0.3, 0.4) is 0 Å². The third kappa shape index (κ3) is 2.94. The average molecular weight is 321 g/mol. The summed E-state index contributed by atoms with van der Waals surface area (Å²) in [7, 11) is -3.48. The lowest BCUT2D eigenvalue weighted by Gasteiger charge is -2.05. The highest BCUT2D eigenvalue weighted by Crippen LogP contribution is 2.26. The summed E-state index contributed by atoms with van der Waals surface area (Å²) in [5.41, 5.74) is 0. The van der Waals surface area contributed by atoms with Crippen molar-refractivity contribution in [1.29, 1.82) is 0 Å². The fraction of sp³-hybridized carbons (Fsp3) is 0.200. The zero-order chi connectivity index (χ0) is 10.8. The highest BCUT2D eigenvalue weighted by Gasteiger charge is 2.13. The Balaban J connectivity index is 3.05. The van der Waals surface area contributed by atoms with Gasteiger partial charge in [-0.3, -0.25) is 4.72 Å². The minimum atomic E-state index is -3.48. The maximum atomic E-state index is 11.1. The molecule has 9 heteroatoms. The Hall–Kier alpha value is -0.110. The molecule has 0 aliphatic carbocycles. The second-order valence-electron chi connectivity index (χ2n) is 2.15. The molecular formula is C5H4BrCl2N3O2S. The lowest BCUT2D eigenvalue weighted by molar-refractivity contribution is 0.606. The maximum absolute atomic E-state index is 11.1. The van der Waals surface area contributed by atoms with Gasteiger partial charge in [0.25, 0.3) is 0 Å². The number of hydrogen-bond acceptors (Lipinski definition) is 4. The number of sulfonamides is 1. The summed E-state index contributed by atoms with van der Waals surface area (Å²) in [5, 5.41) is -0.0346. The summed E-state index contributed by atoms with van der Waals surface area (Å²) in [5.74, 6) is -0.0360. The number of nitrogens with one attached hydrogen (secondary N) is 1. The molecule has 0 amide bonds. The molecule has 14 heavy (non-hydrogen) atoms. The van der Waals surface area contributed by atoms with Crippen LogP contribution in [0.15, 0.2) is 6.33 Å². The van der Waals surface area contributed by atoms with E-state index in [9.17, 15) is 8.42 Å². The van der Waals surface area contributed by atoms with E-state index in [0.717, 1.165) is 6.33 Å². The van der Waals surface area contributed by atoms with Crippen molar-refractivity contribution in [3.8, 4) is 0 Å².